The molecular weight excluding hydrogens is 278 g/mol. The molecule has 102 valence electrons. The summed E-state index contributed by atoms with van der Waals surface area (Å²) in [4.78, 5) is 15.0. The van der Waals surface area contributed by atoms with Crippen LogP contribution in [-0.2, 0) is 12.8 Å². The van der Waals surface area contributed by atoms with E-state index in [1.807, 2.05) is 19.2 Å². The van der Waals surface area contributed by atoms with Gasteiger partial charge >= 0.3 is 5.97 Å². The fourth-order valence-corrected chi connectivity index (χ4v) is 2.68. The summed E-state index contributed by atoms with van der Waals surface area (Å²) in [6, 6.07) is 7.16. The first-order valence-corrected chi connectivity index (χ1v) is 6.84. The molecule has 20 heavy (non-hydrogen) atoms. The summed E-state index contributed by atoms with van der Waals surface area (Å²) >= 11 is 1.57. The van der Waals surface area contributed by atoms with Crippen molar-refractivity contribution in [2.75, 3.05) is 0 Å². The second kappa shape index (κ2) is 5.01. The van der Waals surface area contributed by atoms with Crippen molar-refractivity contribution in [2.45, 2.75) is 10.9 Å². The van der Waals surface area contributed by atoms with Gasteiger partial charge in [-0.2, -0.15) is 5.10 Å². The van der Waals surface area contributed by atoms with Crippen molar-refractivity contribution in [3.8, 4) is 0 Å². The van der Waals surface area contributed by atoms with Crippen molar-refractivity contribution < 1.29 is 14.3 Å². The van der Waals surface area contributed by atoms with Crippen LogP contribution in [0.25, 0.3) is 11.0 Å². The smallest absolute Gasteiger partial charge is 0.371 e. The summed E-state index contributed by atoms with van der Waals surface area (Å²) in [5, 5.41) is 14.5. The summed E-state index contributed by atoms with van der Waals surface area (Å²) in [6.07, 6.45) is 1.51. The molecule has 0 spiro atoms. The van der Waals surface area contributed by atoms with Crippen LogP contribution in [0.1, 0.15) is 16.1 Å². The Morgan fingerprint density at radius 1 is 1.45 bits per heavy atom. The van der Waals surface area contributed by atoms with E-state index < -0.39 is 5.97 Å². The van der Waals surface area contributed by atoms with Crippen molar-refractivity contribution in [3.63, 3.8) is 0 Å². The monoisotopic (exact) mass is 289 g/mol. The van der Waals surface area contributed by atoms with Gasteiger partial charge in [-0.05, 0) is 23.8 Å². The predicted octanol–water partition coefficient (Wildman–Crippen LogP) is 2.55. The number of aromatic carboxylic acids is 1. The van der Waals surface area contributed by atoms with Crippen LogP contribution in [-0.4, -0.2) is 25.8 Å². The number of furan rings is 1. The Bertz CT molecular complexity index is 778. The number of thioether (sulfide) groups is 1. The Kier molecular flexibility index (Phi) is 3.19. The molecular formula is C13H11N3O3S. The minimum atomic E-state index is -1.06. The molecule has 3 aromatic rings. The number of hydrogen-bond donors (Lipinski definition) is 1. The molecule has 0 aliphatic rings. The fourth-order valence-electron chi connectivity index (χ4n) is 1.85. The lowest BCUT2D eigenvalue weighted by Gasteiger charge is -2.01. The number of benzene rings is 1. The lowest BCUT2D eigenvalue weighted by molar-refractivity contribution is 0.0665. The molecule has 7 heteroatoms. The van der Waals surface area contributed by atoms with Crippen molar-refractivity contribution in [2.24, 2.45) is 7.05 Å². The van der Waals surface area contributed by atoms with E-state index in [1.54, 1.807) is 22.5 Å². The highest BCUT2D eigenvalue weighted by atomic mass is 32.2. The SMILES string of the molecule is Cn1ncnc1SCc1ccc2oc(C(=O)O)cc2c1. The minimum Gasteiger partial charge on any atom is -0.475 e. The quantitative estimate of drug-likeness (QED) is 0.743. The lowest BCUT2D eigenvalue weighted by Crippen LogP contribution is -1.93. The lowest BCUT2D eigenvalue weighted by atomic mass is 10.2. The van der Waals surface area contributed by atoms with Gasteiger partial charge in [0.15, 0.2) is 5.16 Å². The average Bonchev–Trinajstić information content (AvgIpc) is 3.01. The van der Waals surface area contributed by atoms with E-state index >= 15 is 0 Å². The van der Waals surface area contributed by atoms with Crippen LogP contribution in [0.2, 0.25) is 0 Å². The average molecular weight is 289 g/mol. The number of carboxylic acid groups (broad SMARTS) is 1. The van der Waals surface area contributed by atoms with Gasteiger partial charge in [0.2, 0.25) is 5.76 Å². The molecule has 1 aromatic carbocycles. The molecule has 3 rings (SSSR count). The number of rotatable bonds is 4. The third-order valence-corrected chi connectivity index (χ3v) is 3.93. The van der Waals surface area contributed by atoms with E-state index in [-0.39, 0.29) is 5.76 Å². The third-order valence-electron chi connectivity index (χ3n) is 2.83. The molecule has 0 fully saturated rings. The highest BCUT2D eigenvalue weighted by Gasteiger charge is 2.11. The molecule has 0 amide bonds. The van der Waals surface area contributed by atoms with E-state index in [0.717, 1.165) is 21.9 Å². The minimum absolute atomic E-state index is 0.0434. The molecule has 6 nitrogen and oxygen atoms in total. The molecule has 0 saturated carbocycles. The largest absolute Gasteiger partial charge is 0.475 e. The Hall–Kier alpha value is -2.28. The van der Waals surface area contributed by atoms with E-state index in [9.17, 15) is 4.79 Å². The molecule has 0 aliphatic carbocycles. The van der Waals surface area contributed by atoms with Gasteiger partial charge in [-0.3, -0.25) is 0 Å². The van der Waals surface area contributed by atoms with Crippen LogP contribution in [0.4, 0.5) is 0 Å². The number of carbonyl (C=O) groups is 1. The Morgan fingerprint density at radius 2 is 2.30 bits per heavy atom. The van der Waals surface area contributed by atoms with E-state index in [2.05, 4.69) is 10.1 Å². The van der Waals surface area contributed by atoms with Gasteiger partial charge < -0.3 is 9.52 Å². The maximum Gasteiger partial charge on any atom is 0.371 e. The van der Waals surface area contributed by atoms with Crippen molar-refractivity contribution >= 4 is 28.7 Å². The van der Waals surface area contributed by atoms with Crippen LogP contribution < -0.4 is 0 Å². The van der Waals surface area contributed by atoms with Gasteiger partial charge in [0, 0.05) is 18.2 Å². The zero-order valence-corrected chi connectivity index (χ0v) is 11.4. The van der Waals surface area contributed by atoms with Crippen molar-refractivity contribution in [1.82, 2.24) is 14.8 Å². The first-order chi connectivity index (χ1) is 9.63. The number of hydrogen-bond acceptors (Lipinski definition) is 5. The number of nitrogens with zero attached hydrogens (tertiary/aromatic N) is 3. The van der Waals surface area contributed by atoms with Crippen LogP contribution in [0.5, 0.6) is 0 Å². The van der Waals surface area contributed by atoms with Gasteiger partial charge in [0.25, 0.3) is 0 Å². The topological polar surface area (TPSA) is 81.2 Å². The van der Waals surface area contributed by atoms with Gasteiger partial charge in [-0.1, -0.05) is 17.8 Å². The van der Waals surface area contributed by atoms with Gasteiger partial charge in [0.05, 0.1) is 0 Å². The molecule has 0 atom stereocenters. The Balaban J connectivity index is 1.82. The molecule has 0 aliphatic heterocycles. The van der Waals surface area contributed by atoms with Crippen molar-refractivity contribution in [1.29, 1.82) is 0 Å². The molecule has 0 saturated heterocycles. The van der Waals surface area contributed by atoms with Crippen LogP contribution >= 0.6 is 11.8 Å². The second-order valence-electron chi connectivity index (χ2n) is 4.24. The van der Waals surface area contributed by atoms with Crippen LogP contribution in [0, 0.1) is 0 Å². The van der Waals surface area contributed by atoms with Crippen LogP contribution in [0.3, 0.4) is 0 Å². The Morgan fingerprint density at radius 3 is 3.00 bits per heavy atom. The number of fused-ring (bicyclic) bond motifs is 1. The molecule has 0 radical (unpaired) electrons. The molecule has 0 unspecified atom stereocenters. The maximum absolute atomic E-state index is 10.9. The number of aromatic nitrogens is 3. The van der Waals surface area contributed by atoms with Gasteiger partial charge in [-0.15, -0.1) is 0 Å². The zero-order valence-electron chi connectivity index (χ0n) is 10.6. The molecule has 1 N–H and O–H groups in total. The fraction of sp³-hybridized carbons (Fsp3) is 0.154. The van der Waals surface area contributed by atoms with E-state index in [0.29, 0.717) is 5.58 Å². The number of aryl methyl sites for hydroxylation is 1. The first kappa shape index (κ1) is 12.7. The normalized spacial score (nSPS) is 11.1. The van der Waals surface area contributed by atoms with E-state index in [1.165, 1.54) is 12.4 Å². The summed E-state index contributed by atoms with van der Waals surface area (Å²) in [5.74, 6) is -0.370. The van der Waals surface area contributed by atoms with Gasteiger partial charge in [-0.25, -0.2) is 14.5 Å². The first-order valence-electron chi connectivity index (χ1n) is 5.86. The summed E-state index contributed by atoms with van der Waals surface area (Å²) in [5.41, 5.74) is 1.65. The third kappa shape index (κ3) is 2.39. The maximum atomic E-state index is 10.9. The summed E-state index contributed by atoms with van der Waals surface area (Å²) in [7, 11) is 1.84. The zero-order chi connectivity index (χ0) is 14.1. The van der Waals surface area contributed by atoms with Crippen LogP contribution in [0.15, 0.2) is 40.2 Å². The molecule has 2 heterocycles. The van der Waals surface area contributed by atoms with Gasteiger partial charge in [0.1, 0.15) is 11.9 Å². The van der Waals surface area contributed by atoms with Crippen molar-refractivity contribution in [3.05, 3.63) is 41.9 Å². The molecule has 2 aromatic heterocycles. The van der Waals surface area contributed by atoms with E-state index in [4.69, 9.17) is 9.52 Å². The highest BCUT2D eigenvalue weighted by Crippen LogP contribution is 2.25. The number of carboxylic acids is 1. The highest BCUT2D eigenvalue weighted by molar-refractivity contribution is 7.98. The predicted molar refractivity (Wildman–Crippen MR) is 73.7 cm³/mol. The summed E-state index contributed by atoms with van der Waals surface area (Å²) in [6.45, 7) is 0. The standard InChI is InChI=1S/C13H11N3O3S/c1-16-13(14-7-15-16)20-6-8-2-3-10-9(4-8)5-11(19-10)12(17)18/h2-5,7H,6H2,1H3,(H,17,18). The molecule has 0 bridgehead atoms. The Labute approximate surface area is 118 Å². The second-order valence-corrected chi connectivity index (χ2v) is 5.19. The summed E-state index contributed by atoms with van der Waals surface area (Å²) < 4.78 is 6.93.